The molecule has 0 aliphatic carbocycles. The number of phenolic OH excluding ortho intramolecular Hbond substituents is 2. The third-order valence-electron chi connectivity index (χ3n) is 5.94. The fraction of sp³-hybridized carbons (Fsp3) is 0.125. The Kier molecular flexibility index (Phi) is 7.84. The van der Waals surface area contributed by atoms with Crippen LogP contribution in [0.1, 0.15) is 33.4 Å². The van der Waals surface area contributed by atoms with Crippen LogP contribution in [0.5, 0.6) is 23.0 Å². The second-order valence-electron chi connectivity index (χ2n) is 8.68. The average molecular weight is 495 g/mol. The van der Waals surface area contributed by atoms with Crippen LogP contribution in [0.4, 0.5) is 0 Å². The Bertz CT molecular complexity index is 1350. The minimum Gasteiger partial charge on any atom is -0.508 e. The third kappa shape index (κ3) is 6.33. The molecular formula is C32H30O5. The highest BCUT2D eigenvalue weighted by atomic mass is 16.5. The fourth-order valence-electron chi connectivity index (χ4n) is 4.06. The van der Waals surface area contributed by atoms with E-state index in [0.29, 0.717) is 23.0 Å². The summed E-state index contributed by atoms with van der Waals surface area (Å²) in [6.45, 7) is 4.04. The van der Waals surface area contributed by atoms with Crippen LogP contribution in [0.15, 0.2) is 84.9 Å². The molecule has 5 heteroatoms. The van der Waals surface area contributed by atoms with E-state index in [0.717, 1.165) is 33.4 Å². The minimum atomic E-state index is 0.0938. The largest absolute Gasteiger partial charge is 0.508 e. The van der Waals surface area contributed by atoms with Crippen molar-refractivity contribution in [2.45, 2.75) is 13.8 Å². The quantitative estimate of drug-likeness (QED) is 0.197. The fourth-order valence-corrected chi connectivity index (χ4v) is 4.06. The molecule has 0 fully saturated rings. The highest BCUT2D eigenvalue weighted by Gasteiger charge is 2.15. The molecule has 0 unspecified atom stereocenters. The van der Waals surface area contributed by atoms with Gasteiger partial charge in [0, 0.05) is 23.3 Å². The Morgan fingerprint density at radius 3 is 1.38 bits per heavy atom. The molecule has 0 saturated heterocycles. The molecule has 0 amide bonds. The molecule has 5 nitrogen and oxygen atoms in total. The van der Waals surface area contributed by atoms with E-state index in [4.69, 9.17) is 14.2 Å². The van der Waals surface area contributed by atoms with Gasteiger partial charge in [0.25, 0.3) is 0 Å². The first-order valence-electron chi connectivity index (χ1n) is 11.9. The van der Waals surface area contributed by atoms with E-state index in [1.165, 1.54) is 0 Å². The zero-order valence-electron chi connectivity index (χ0n) is 21.4. The van der Waals surface area contributed by atoms with Gasteiger partial charge in [0.2, 0.25) is 0 Å². The number of benzene rings is 4. The molecule has 0 spiro atoms. The van der Waals surface area contributed by atoms with Crippen LogP contribution in [0.2, 0.25) is 0 Å². The number of methoxy groups -OCH3 is 2. The zero-order valence-corrected chi connectivity index (χ0v) is 21.4. The van der Waals surface area contributed by atoms with Gasteiger partial charge in [-0.2, -0.15) is 0 Å². The Balaban J connectivity index is 1.91. The number of aromatic hydroxyl groups is 2. The van der Waals surface area contributed by atoms with Crippen molar-refractivity contribution in [1.82, 2.24) is 0 Å². The molecule has 0 radical (unpaired) electrons. The number of ether oxygens (including phenoxy) is 3. The van der Waals surface area contributed by atoms with Crippen molar-refractivity contribution in [3.63, 3.8) is 0 Å². The lowest BCUT2D eigenvalue weighted by molar-refractivity contribution is 0.407. The summed E-state index contributed by atoms with van der Waals surface area (Å²) in [5, 5.41) is 20.5. The monoisotopic (exact) mass is 494 g/mol. The van der Waals surface area contributed by atoms with Crippen LogP contribution in [0, 0.1) is 13.8 Å². The number of aryl methyl sites for hydroxylation is 2. The van der Waals surface area contributed by atoms with Crippen molar-refractivity contribution in [3.8, 4) is 23.0 Å². The average Bonchev–Trinajstić information content (AvgIpc) is 2.87. The Labute approximate surface area is 217 Å². The Hall–Kier alpha value is -4.64. The topological polar surface area (TPSA) is 68.2 Å². The molecule has 4 rings (SSSR count). The molecule has 4 aromatic carbocycles. The summed E-state index contributed by atoms with van der Waals surface area (Å²) in [5.41, 5.74) is 5.31. The lowest BCUT2D eigenvalue weighted by atomic mass is 10.0. The van der Waals surface area contributed by atoms with Gasteiger partial charge in [-0.3, -0.25) is 0 Å². The highest BCUT2D eigenvalue weighted by Crippen LogP contribution is 2.34. The van der Waals surface area contributed by atoms with Crippen LogP contribution < -0.4 is 9.47 Å². The summed E-state index contributed by atoms with van der Waals surface area (Å²) >= 11 is 0. The molecule has 0 aliphatic rings. The lowest BCUT2D eigenvalue weighted by Gasteiger charge is -2.18. The van der Waals surface area contributed by atoms with Gasteiger partial charge in [0.05, 0.1) is 14.2 Å². The molecule has 37 heavy (non-hydrogen) atoms. The summed E-state index contributed by atoms with van der Waals surface area (Å²) in [5.74, 6) is 2.45. The SMILES string of the molecule is COc1cc(O)cc(/C=C(/O/C(=C/c2cc(O)cc(OC)c2)c2ccccc2C)c2ccccc2C)c1. The maximum absolute atomic E-state index is 10.2. The van der Waals surface area contributed by atoms with Gasteiger partial charge in [-0.1, -0.05) is 48.5 Å². The Morgan fingerprint density at radius 1 is 0.595 bits per heavy atom. The summed E-state index contributed by atoms with van der Waals surface area (Å²) < 4.78 is 17.4. The summed E-state index contributed by atoms with van der Waals surface area (Å²) in [4.78, 5) is 0. The predicted molar refractivity (Wildman–Crippen MR) is 149 cm³/mol. The zero-order chi connectivity index (χ0) is 26.4. The molecule has 4 aromatic rings. The van der Waals surface area contributed by atoms with Gasteiger partial charge in [0.15, 0.2) is 0 Å². The van der Waals surface area contributed by atoms with Crippen molar-refractivity contribution < 1.29 is 24.4 Å². The van der Waals surface area contributed by atoms with Gasteiger partial charge >= 0.3 is 0 Å². The first kappa shape index (κ1) is 25.5. The molecule has 0 heterocycles. The second kappa shape index (κ2) is 11.4. The smallest absolute Gasteiger partial charge is 0.135 e. The van der Waals surface area contributed by atoms with Crippen molar-refractivity contribution >= 4 is 23.7 Å². The molecule has 0 aliphatic heterocycles. The molecule has 0 saturated carbocycles. The van der Waals surface area contributed by atoms with Gasteiger partial charge in [-0.15, -0.1) is 0 Å². The van der Waals surface area contributed by atoms with Gasteiger partial charge in [-0.25, -0.2) is 0 Å². The molecule has 0 bridgehead atoms. The van der Waals surface area contributed by atoms with Gasteiger partial charge in [0.1, 0.15) is 34.5 Å². The van der Waals surface area contributed by atoms with Crippen molar-refractivity contribution in [2.75, 3.05) is 14.2 Å². The van der Waals surface area contributed by atoms with E-state index >= 15 is 0 Å². The van der Waals surface area contributed by atoms with Crippen molar-refractivity contribution in [1.29, 1.82) is 0 Å². The first-order chi connectivity index (χ1) is 17.9. The molecule has 188 valence electrons. The van der Waals surface area contributed by atoms with Crippen LogP contribution in [0.25, 0.3) is 23.7 Å². The predicted octanol–water partition coefficient (Wildman–Crippen LogP) is 7.44. The van der Waals surface area contributed by atoms with E-state index in [2.05, 4.69) is 0 Å². The van der Waals surface area contributed by atoms with E-state index in [1.807, 2.05) is 86.7 Å². The molecular weight excluding hydrogens is 464 g/mol. The number of hydrogen-bond acceptors (Lipinski definition) is 5. The van der Waals surface area contributed by atoms with Crippen molar-refractivity contribution in [2.24, 2.45) is 0 Å². The number of rotatable bonds is 8. The van der Waals surface area contributed by atoms with E-state index in [-0.39, 0.29) is 11.5 Å². The first-order valence-corrected chi connectivity index (χ1v) is 11.9. The van der Waals surface area contributed by atoms with Crippen LogP contribution in [-0.4, -0.2) is 24.4 Å². The standard InChI is InChI=1S/C32H30O5/c1-21-9-5-7-11-29(21)31(17-23-13-25(33)19-27(15-23)35-3)37-32(30-12-8-6-10-22(30)2)18-24-14-26(34)20-28(16-24)36-4/h5-20,33-34H,1-4H3/b31-17+,32-18+. The van der Waals surface area contributed by atoms with Crippen molar-refractivity contribution in [3.05, 3.63) is 118 Å². The summed E-state index contributed by atoms with van der Waals surface area (Å²) in [6, 6.07) is 26.0. The highest BCUT2D eigenvalue weighted by molar-refractivity contribution is 5.87. The van der Waals surface area contributed by atoms with Crippen LogP contribution in [-0.2, 0) is 4.74 Å². The number of hydrogen-bond donors (Lipinski definition) is 2. The Morgan fingerprint density at radius 2 is 1.00 bits per heavy atom. The molecule has 0 atom stereocenters. The summed E-state index contributed by atoms with van der Waals surface area (Å²) in [7, 11) is 3.12. The summed E-state index contributed by atoms with van der Waals surface area (Å²) in [6.07, 6.45) is 3.75. The van der Waals surface area contributed by atoms with Crippen LogP contribution >= 0.6 is 0 Å². The van der Waals surface area contributed by atoms with E-state index < -0.39 is 0 Å². The minimum absolute atomic E-state index is 0.0938. The van der Waals surface area contributed by atoms with Gasteiger partial charge < -0.3 is 24.4 Å². The number of phenols is 2. The maximum Gasteiger partial charge on any atom is 0.135 e. The van der Waals surface area contributed by atoms with Crippen LogP contribution in [0.3, 0.4) is 0 Å². The van der Waals surface area contributed by atoms with E-state index in [1.54, 1.807) is 38.5 Å². The van der Waals surface area contributed by atoms with Gasteiger partial charge in [-0.05, 0) is 72.5 Å². The maximum atomic E-state index is 10.2. The third-order valence-corrected chi connectivity index (χ3v) is 5.94. The lowest BCUT2D eigenvalue weighted by Crippen LogP contribution is -1.98. The molecule has 0 aromatic heterocycles. The second-order valence-corrected chi connectivity index (χ2v) is 8.68. The normalized spacial score (nSPS) is 11.8. The molecule has 2 N–H and O–H groups in total. The van der Waals surface area contributed by atoms with E-state index in [9.17, 15) is 10.2 Å².